The minimum atomic E-state index is -0.632. The summed E-state index contributed by atoms with van der Waals surface area (Å²) in [6.07, 6.45) is 4.40. The smallest absolute Gasteiger partial charge is 0.251 e. The number of hydrogen-bond donors (Lipinski definition) is 1. The van der Waals surface area contributed by atoms with Gasteiger partial charge in [-0.25, -0.2) is 4.98 Å². The molecule has 0 spiro atoms. The van der Waals surface area contributed by atoms with Crippen molar-refractivity contribution in [2.24, 2.45) is 0 Å². The minimum absolute atomic E-state index is 0.0405. The number of thiophene rings is 1. The highest BCUT2D eigenvalue weighted by atomic mass is 32.1. The fourth-order valence-corrected chi connectivity index (χ4v) is 3.41. The predicted molar refractivity (Wildman–Crippen MR) is 71.7 cm³/mol. The van der Waals surface area contributed by atoms with Gasteiger partial charge in [0.25, 0.3) is 5.91 Å². The number of carbonyl (C=O) groups excluding carboxylic acids is 1. The third kappa shape index (κ3) is 2.51. The van der Waals surface area contributed by atoms with Gasteiger partial charge in [-0.2, -0.15) is 4.39 Å². The first-order valence-corrected chi connectivity index (χ1v) is 7.10. The van der Waals surface area contributed by atoms with Gasteiger partial charge >= 0.3 is 0 Å². The molecule has 1 N–H and O–H groups in total. The van der Waals surface area contributed by atoms with E-state index in [-0.39, 0.29) is 11.9 Å². The van der Waals surface area contributed by atoms with Crippen LogP contribution in [0, 0.1) is 5.95 Å². The van der Waals surface area contributed by atoms with Crippen LogP contribution in [0.1, 0.15) is 39.7 Å². The Balaban J connectivity index is 1.78. The van der Waals surface area contributed by atoms with Gasteiger partial charge in [-0.05, 0) is 42.3 Å². The summed E-state index contributed by atoms with van der Waals surface area (Å²) in [6.45, 7) is 0. The number of rotatable bonds is 2. The lowest BCUT2D eigenvalue weighted by Gasteiger charge is -2.23. The largest absolute Gasteiger partial charge is 0.345 e. The zero-order valence-corrected chi connectivity index (χ0v) is 11.0. The number of pyridine rings is 1. The summed E-state index contributed by atoms with van der Waals surface area (Å²) in [5.74, 6) is -0.877. The molecule has 2 aromatic heterocycles. The van der Waals surface area contributed by atoms with E-state index in [1.165, 1.54) is 22.7 Å². The number of halogens is 1. The van der Waals surface area contributed by atoms with Crippen LogP contribution >= 0.6 is 11.3 Å². The molecule has 5 heteroatoms. The molecule has 2 heterocycles. The maximum absolute atomic E-state index is 13.0. The highest BCUT2D eigenvalue weighted by Gasteiger charge is 2.23. The topological polar surface area (TPSA) is 42.0 Å². The van der Waals surface area contributed by atoms with Crippen molar-refractivity contribution >= 4 is 17.2 Å². The molecule has 1 aliphatic carbocycles. The third-order valence-corrected chi connectivity index (χ3v) is 4.34. The van der Waals surface area contributed by atoms with Crippen LogP contribution in [-0.4, -0.2) is 10.9 Å². The number of fused-ring (bicyclic) bond motifs is 1. The van der Waals surface area contributed by atoms with E-state index in [0.29, 0.717) is 5.56 Å². The Morgan fingerprint density at radius 3 is 3.21 bits per heavy atom. The second kappa shape index (κ2) is 5.09. The van der Waals surface area contributed by atoms with Crippen molar-refractivity contribution in [3.05, 3.63) is 51.7 Å². The zero-order chi connectivity index (χ0) is 13.2. The van der Waals surface area contributed by atoms with Crippen LogP contribution < -0.4 is 5.32 Å². The Labute approximate surface area is 114 Å². The molecule has 0 saturated heterocycles. The molecule has 0 aromatic carbocycles. The molecule has 0 saturated carbocycles. The van der Waals surface area contributed by atoms with Crippen molar-refractivity contribution in [1.82, 2.24) is 10.3 Å². The van der Waals surface area contributed by atoms with Crippen LogP contribution in [-0.2, 0) is 6.42 Å². The highest BCUT2D eigenvalue weighted by molar-refractivity contribution is 7.10. The standard InChI is InChI=1S/C14H13FN2OS/c15-13-8-9(4-6-16-13)14(18)17-11-2-1-3-12-10(11)5-7-19-12/h4-8,11H,1-3H2,(H,17,18). The van der Waals surface area contributed by atoms with E-state index in [2.05, 4.69) is 21.7 Å². The molecule has 1 aliphatic rings. The molecule has 0 fully saturated rings. The van der Waals surface area contributed by atoms with Gasteiger partial charge in [0.1, 0.15) is 0 Å². The number of carbonyl (C=O) groups is 1. The molecule has 98 valence electrons. The Kier molecular flexibility index (Phi) is 3.29. The van der Waals surface area contributed by atoms with Gasteiger partial charge in [0.2, 0.25) is 5.95 Å². The van der Waals surface area contributed by atoms with Crippen LogP contribution in [0.4, 0.5) is 4.39 Å². The molecule has 3 rings (SSSR count). The number of aromatic nitrogens is 1. The van der Waals surface area contributed by atoms with Crippen molar-refractivity contribution in [1.29, 1.82) is 0 Å². The summed E-state index contributed by atoms with van der Waals surface area (Å²) in [7, 11) is 0. The lowest BCUT2D eigenvalue weighted by Crippen LogP contribution is -2.30. The van der Waals surface area contributed by atoms with Crippen LogP contribution in [0.2, 0.25) is 0 Å². The van der Waals surface area contributed by atoms with Crippen LogP contribution in [0.3, 0.4) is 0 Å². The number of amides is 1. The van der Waals surface area contributed by atoms with Gasteiger partial charge in [-0.15, -0.1) is 11.3 Å². The van der Waals surface area contributed by atoms with Crippen LogP contribution in [0.15, 0.2) is 29.8 Å². The van der Waals surface area contributed by atoms with Gasteiger partial charge in [-0.3, -0.25) is 4.79 Å². The highest BCUT2D eigenvalue weighted by Crippen LogP contribution is 2.33. The Morgan fingerprint density at radius 2 is 2.37 bits per heavy atom. The number of nitrogens with zero attached hydrogens (tertiary/aromatic N) is 1. The van der Waals surface area contributed by atoms with E-state index in [1.54, 1.807) is 11.3 Å². The van der Waals surface area contributed by atoms with Gasteiger partial charge in [0.05, 0.1) is 6.04 Å². The van der Waals surface area contributed by atoms with E-state index in [9.17, 15) is 9.18 Å². The molecule has 19 heavy (non-hydrogen) atoms. The van der Waals surface area contributed by atoms with Crippen molar-refractivity contribution in [2.75, 3.05) is 0 Å². The Hall–Kier alpha value is -1.75. The summed E-state index contributed by atoms with van der Waals surface area (Å²) < 4.78 is 13.0. The molecule has 3 nitrogen and oxygen atoms in total. The van der Waals surface area contributed by atoms with Crippen molar-refractivity contribution < 1.29 is 9.18 Å². The molecule has 1 amide bonds. The van der Waals surface area contributed by atoms with Crippen LogP contribution in [0.25, 0.3) is 0 Å². The van der Waals surface area contributed by atoms with Crippen molar-refractivity contribution in [3.63, 3.8) is 0 Å². The van der Waals surface area contributed by atoms with Gasteiger partial charge < -0.3 is 5.32 Å². The van der Waals surface area contributed by atoms with Gasteiger partial charge in [0.15, 0.2) is 0 Å². The summed E-state index contributed by atoms with van der Waals surface area (Å²) >= 11 is 1.73. The van der Waals surface area contributed by atoms with Gasteiger partial charge in [-0.1, -0.05) is 0 Å². The maximum atomic E-state index is 13.0. The lowest BCUT2D eigenvalue weighted by molar-refractivity contribution is 0.0932. The van der Waals surface area contributed by atoms with Crippen molar-refractivity contribution in [3.8, 4) is 0 Å². The fraction of sp³-hybridized carbons (Fsp3) is 0.286. The first-order chi connectivity index (χ1) is 9.24. The number of hydrogen-bond acceptors (Lipinski definition) is 3. The van der Waals surface area contributed by atoms with E-state index in [0.717, 1.165) is 25.3 Å². The van der Waals surface area contributed by atoms with Crippen molar-refractivity contribution in [2.45, 2.75) is 25.3 Å². The summed E-state index contributed by atoms with van der Waals surface area (Å²) in [5.41, 5.74) is 1.52. The monoisotopic (exact) mass is 276 g/mol. The van der Waals surface area contributed by atoms with Gasteiger partial charge in [0, 0.05) is 22.7 Å². The second-order valence-electron chi connectivity index (χ2n) is 4.58. The minimum Gasteiger partial charge on any atom is -0.345 e. The third-order valence-electron chi connectivity index (χ3n) is 3.35. The first kappa shape index (κ1) is 12.3. The molecule has 1 unspecified atom stereocenters. The number of aryl methyl sites for hydroxylation is 1. The average molecular weight is 276 g/mol. The Morgan fingerprint density at radius 1 is 1.47 bits per heavy atom. The molecule has 1 atom stereocenters. The normalized spacial score (nSPS) is 17.8. The average Bonchev–Trinajstić information content (AvgIpc) is 2.88. The SMILES string of the molecule is O=C(NC1CCCc2sccc21)c1ccnc(F)c1. The lowest BCUT2D eigenvalue weighted by atomic mass is 9.94. The second-order valence-corrected chi connectivity index (χ2v) is 5.59. The maximum Gasteiger partial charge on any atom is 0.251 e. The van der Waals surface area contributed by atoms with E-state index in [4.69, 9.17) is 0 Å². The summed E-state index contributed by atoms with van der Waals surface area (Å²) in [4.78, 5) is 16.9. The summed E-state index contributed by atoms with van der Waals surface area (Å²) in [5, 5.41) is 5.03. The quantitative estimate of drug-likeness (QED) is 0.856. The predicted octanol–water partition coefficient (Wildman–Crippen LogP) is 3.09. The molecule has 0 bridgehead atoms. The van der Waals surface area contributed by atoms with E-state index < -0.39 is 5.95 Å². The number of nitrogens with one attached hydrogen (secondary N) is 1. The zero-order valence-electron chi connectivity index (χ0n) is 10.2. The molecule has 0 aliphatic heterocycles. The molecular weight excluding hydrogens is 263 g/mol. The molecule has 0 radical (unpaired) electrons. The molecule has 2 aromatic rings. The summed E-state index contributed by atoms with van der Waals surface area (Å²) in [6, 6.07) is 4.79. The van der Waals surface area contributed by atoms with Crippen LogP contribution in [0.5, 0.6) is 0 Å². The molecular formula is C14H13FN2OS. The first-order valence-electron chi connectivity index (χ1n) is 6.23. The van der Waals surface area contributed by atoms with E-state index in [1.807, 2.05) is 0 Å². The Bertz CT molecular complexity index is 611. The van der Waals surface area contributed by atoms with E-state index >= 15 is 0 Å². The fourth-order valence-electron chi connectivity index (χ4n) is 2.42.